The lowest BCUT2D eigenvalue weighted by Crippen LogP contribution is -2.40. The van der Waals surface area contributed by atoms with Gasteiger partial charge in [-0.1, -0.05) is 0 Å². The highest BCUT2D eigenvalue weighted by molar-refractivity contribution is 5.94. The molecule has 24 heavy (non-hydrogen) atoms. The highest BCUT2D eigenvalue weighted by Crippen LogP contribution is 2.21. The summed E-state index contributed by atoms with van der Waals surface area (Å²) >= 11 is 0. The minimum Gasteiger partial charge on any atom is -0.480 e. The van der Waals surface area contributed by atoms with Gasteiger partial charge in [0.1, 0.15) is 12.1 Å². The van der Waals surface area contributed by atoms with Crippen molar-refractivity contribution in [3.05, 3.63) is 24.3 Å². The normalized spacial score (nSPS) is 10.7. The molecule has 0 aromatic heterocycles. The number of carbonyl (C=O) groups excluding carboxylic acids is 2. The Bertz CT molecular complexity index is 605. The van der Waals surface area contributed by atoms with Gasteiger partial charge < -0.3 is 20.1 Å². The molecule has 0 saturated carbocycles. The number of anilines is 2. The standard InChI is InChI=1S/C16H23N3O5/c1-16(2,3)24-15(23)19(10-13(20)21)12-8-6-11(7-9-12)17-14(22)18(4)5/h6-9H,10H2,1-5H3,(H,17,22)(H,20,21). The zero-order chi connectivity index (χ0) is 18.5. The zero-order valence-corrected chi connectivity index (χ0v) is 14.5. The number of hydrogen-bond acceptors (Lipinski definition) is 4. The average molecular weight is 337 g/mol. The summed E-state index contributed by atoms with van der Waals surface area (Å²) in [6.45, 7) is 4.56. The molecule has 132 valence electrons. The van der Waals surface area contributed by atoms with Crippen LogP contribution in [0.3, 0.4) is 0 Å². The van der Waals surface area contributed by atoms with Crippen molar-refractivity contribution in [3.63, 3.8) is 0 Å². The Hall–Kier alpha value is -2.77. The summed E-state index contributed by atoms with van der Waals surface area (Å²) in [6, 6.07) is 5.94. The fourth-order valence-corrected chi connectivity index (χ4v) is 1.67. The number of benzene rings is 1. The summed E-state index contributed by atoms with van der Waals surface area (Å²) < 4.78 is 5.23. The molecule has 0 aliphatic carbocycles. The molecular weight excluding hydrogens is 314 g/mol. The summed E-state index contributed by atoms with van der Waals surface area (Å²) in [5.74, 6) is -1.16. The van der Waals surface area contributed by atoms with Gasteiger partial charge in [-0.25, -0.2) is 9.59 Å². The number of rotatable bonds is 4. The third-order valence-corrected chi connectivity index (χ3v) is 2.74. The maximum absolute atomic E-state index is 12.2. The Labute approximate surface area is 141 Å². The molecular formula is C16H23N3O5. The van der Waals surface area contributed by atoms with Crippen LogP contribution in [-0.2, 0) is 9.53 Å². The predicted molar refractivity (Wildman–Crippen MR) is 90.4 cm³/mol. The van der Waals surface area contributed by atoms with Crippen molar-refractivity contribution in [2.24, 2.45) is 0 Å². The molecule has 0 atom stereocenters. The Kier molecular flexibility index (Phi) is 6.16. The van der Waals surface area contributed by atoms with E-state index in [0.29, 0.717) is 11.4 Å². The average Bonchev–Trinajstić information content (AvgIpc) is 2.43. The number of nitrogens with zero attached hydrogens (tertiary/aromatic N) is 2. The maximum Gasteiger partial charge on any atom is 0.415 e. The topological polar surface area (TPSA) is 99.2 Å². The van der Waals surface area contributed by atoms with Gasteiger partial charge in [0.15, 0.2) is 0 Å². The zero-order valence-electron chi connectivity index (χ0n) is 14.5. The van der Waals surface area contributed by atoms with Crippen LogP contribution in [0, 0.1) is 0 Å². The maximum atomic E-state index is 12.2. The van der Waals surface area contributed by atoms with Gasteiger partial charge in [-0.2, -0.15) is 0 Å². The van der Waals surface area contributed by atoms with Crippen LogP contribution < -0.4 is 10.2 Å². The molecule has 0 bridgehead atoms. The van der Waals surface area contributed by atoms with E-state index in [1.807, 2.05) is 0 Å². The van der Waals surface area contributed by atoms with Crippen LogP contribution in [-0.4, -0.2) is 54.3 Å². The molecule has 0 aliphatic rings. The first-order chi connectivity index (χ1) is 11.0. The molecule has 0 heterocycles. The Morgan fingerprint density at radius 2 is 1.67 bits per heavy atom. The second-order valence-electron chi connectivity index (χ2n) is 6.33. The Balaban J connectivity index is 2.96. The van der Waals surface area contributed by atoms with Crippen LogP contribution in [0.15, 0.2) is 24.3 Å². The summed E-state index contributed by atoms with van der Waals surface area (Å²) in [5, 5.41) is 11.7. The fourth-order valence-electron chi connectivity index (χ4n) is 1.67. The predicted octanol–water partition coefficient (Wildman–Crippen LogP) is 2.61. The summed E-state index contributed by atoms with van der Waals surface area (Å²) in [5.41, 5.74) is 0.138. The van der Waals surface area contributed by atoms with Crippen molar-refractivity contribution in [3.8, 4) is 0 Å². The van der Waals surface area contributed by atoms with Crippen molar-refractivity contribution < 1.29 is 24.2 Å². The number of nitrogens with one attached hydrogen (secondary N) is 1. The van der Waals surface area contributed by atoms with Gasteiger partial charge in [-0.3, -0.25) is 9.69 Å². The first-order valence-corrected chi connectivity index (χ1v) is 7.30. The second kappa shape index (κ2) is 7.67. The van der Waals surface area contributed by atoms with E-state index in [1.165, 1.54) is 17.0 Å². The third kappa shape index (κ3) is 6.15. The number of hydrogen-bond donors (Lipinski definition) is 2. The second-order valence-corrected chi connectivity index (χ2v) is 6.33. The molecule has 0 fully saturated rings. The molecule has 1 aromatic rings. The van der Waals surface area contributed by atoms with Crippen LogP contribution >= 0.6 is 0 Å². The number of ether oxygens (including phenoxy) is 1. The summed E-state index contributed by atoms with van der Waals surface area (Å²) in [6.07, 6.45) is -0.755. The number of urea groups is 1. The van der Waals surface area contributed by atoms with E-state index in [9.17, 15) is 14.4 Å². The Morgan fingerprint density at radius 1 is 1.12 bits per heavy atom. The number of carboxylic acid groups (broad SMARTS) is 1. The largest absolute Gasteiger partial charge is 0.480 e. The van der Waals surface area contributed by atoms with E-state index in [1.54, 1.807) is 47.0 Å². The van der Waals surface area contributed by atoms with Gasteiger partial charge in [0.25, 0.3) is 0 Å². The van der Waals surface area contributed by atoms with Crippen LogP contribution in [0.1, 0.15) is 20.8 Å². The first-order valence-electron chi connectivity index (χ1n) is 7.30. The quantitative estimate of drug-likeness (QED) is 0.880. The minimum absolute atomic E-state index is 0.294. The summed E-state index contributed by atoms with van der Waals surface area (Å²) in [7, 11) is 3.22. The first kappa shape index (κ1) is 19.3. The summed E-state index contributed by atoms with van der Waals surface area (Å²) in [4.78, 5) is 37.2. The van der Waals surface area contributed by atoms with Gasteiger partial charge in [0.05, 0.1) is 0 Å². The number of aliphatic carboxylic acids is 1. The monoisotopic (exact) mass is 337 g/mol. The number of carbonyl (C=O) groups is 3. The highest BCUT2D eigenvalue weighted by atomic mass is 16.6. The van der Waals surface area contributed by atoms with Gasteiger partial charge in [0, 0.05) is 25.5 Å². The molecule has 0 saturated heterocycles. The van der Waals surface area contributed by atoms with Gasteiger partial charge >= 0.3 is 18.1 Å². The molecule has 0 spiro atoms. The van der Waals surface area contributed by atoms with E-state index in [-0.39, 0.29) is 6.03 Å². The molecule has 1 aromatic carbocycles. The van der Waals surface area contributed by atoms with Crippen LogP contribution in [0.5, 0.6) is 0 Å². The molecule has 2 N–H and O–H groups in total. The van der Waals surface area contributed by atoms with E-state index in [2.05, 4.69) is 5.32 Å². The van der Waals surface area contributed by atoms with Gasteiger partial charge in [0.2, 0.25) is 0 Å². The Morgan fingerprint density at radius 3 is 2.08 bits per heavy atom. The smallest absolute Gasteiger partial charge is 0.415 e. The minimum atomic E-state index is -1.16. The van der Waals surface area contributed by atoms with Crippen LogP contribution in [0.2, 0.25) is 0 Å². The van der Waals surface area contributed by atoms with E-state index < -0.39 is 24.2 Å². The molecule has 3 amide bonds. The molecule has 1 rings (SSSR count). The van der Waals surface area contributed by atoms with Crippen LogP contribution in [0.25, 0.3) is 0 Å². The number of amides is 3. The van der Waals surface area contributed by atoms with Crippen LogP contribution in [0.4, 0.5) is 21.0 Å². The molecule has 0 unspecified atom stereocenters. The lowest BCUT2D eigenvalue weighted by molar-refractivity contribution is -0.135. The molecule has 0 aliphatic heterocycles. The van der Waals surface area contributed by atoms with E-state index >= 15 is 0 Å². The van der Waals surface area contributed by atoms with Gasteiger partial charge in [-0.05, 0) is 45.0 Å². The molecule has 8 nitrogen and oxygen atoms in total. The van der Waals surface area contributed by atoms with Crippen molar-refractivity contribution >= 4 is 29.5 Å². The third-order valence-electron chi connectivity index (χ3n) is 2.74. The van der Waals surface area contributed by atoms with Crippen molar-refractivity contribution in [1.82, 2.24) is 4.90 Å². The van der Waals surface area contributed by atoms with E-state index in [4.69, 9.17) is 9.84 Å². The molecule has 8 heteroatoms. The van der Waals surface area contributed by atoms with Crippen molar-refractivity contribution in [2.75, 3.05) is 30.9 Å². The van der Waals surface area contributed by atoms with E-state index in [0.717, 1.165) is 4.90 Å². The lowest BCUT2D eigenvalue weighted by Gasteiger charge is -2.26. The van der Waals surface area contributed by atoms with Crippen molar-refractivity contribution in [2.45, 2.75) is 26.4 Å². The van der Waals surface area contributed by atoms with Gasteiger partial charge in [-0.15, -0.1) is 0 Å². The number of carboxylic acids is 1. The SMILES string of the molecule is CN(C)C(=O)Nc1ccc(N(CC(=O)O)C(=O)OC(C)(C)C)cc1. The van der Waals surface area contributed by atoms with Crippen molar-refractivity contribution in [1.29, 1.82) is 0 Å². The molecule has 0 radical (unpaired) electrons. The highest BCUT2D eigenvalue weighted by Gasteiger charge is 2.25. The fraction of sp³-hybridized carbons (Fsp3) is 0.438. The lowest BCUT2D eigenvalue weighted by atomic mass is 10.2.